The van der Waals surface area contributed by atoms with Crippen LogP contribution in [0.2, 0.25) is 0 Å². The minimum atomic E-state index is -1.13. The van der Waals surface area contributed by atoms with Crippen LogP contribution >= 0.6 is 0 Å². The topological polar surface area (TPSA) is 129 Å². The number of hydrogen-bond acceptors (Lipinski definition) is 6. The number of ether oxygens (including phenoxy) is 2. The molecule has 5 heterocycles. The van der Waals surface area contributed by atoms with Gasteiger partial charge in [-0.1, -0.05) is 99.0 Å². The highest BCUT2D eigenvalue weighted by molar-refractivity contribution is 6.24. The predicted molar refractivity (Wildman–Crippen MR) is 261 cm³/mol. The highest BCUT2D eigenvalue weighted by atomic mass is 16.5. The lowest BCUT2D eigenvalue weighted by Crippen LogP contribution is -2.25. The van der Waals surface area contributed by atoms with Crippen LogP contribution in [0, 0.1) is 56.3 Å². The molecule has 3 aromatic heterocycles. The van der Waals surface area contributed by atoms with E-state index >= 15 is 0 Å². The van der Waals surface area contributed by atoms with Gasteiger partial charge in [-0.05, 0) is 130 Å². The summed E-state index contributed by atoms with van der Waals surface area (Å²) in [5, 5.41) is 5.76. The fourth-order valence-electron chi connectivity index (χ4n) is 10.7. The number of ketones is 1. The van der Waals surface area contributed by atoms with E-state index in [0.29, 0.717) is 23.3 Å². The zero-order valence-electron chi connectivity index (χ0n) is 41.2. The van der Waals surface area contributed by atoms with Gasteiger partial charge in [-0.3, -0.25) is 14.4 Å². The third kappa shape index (κ3) is 10.7. The first-order valence-corrected chi connectivity index (χ1v) is 24.6. The Morgan fingerprint density at radius 3 is 2.06 bits per heavy atom. The van der Waals surface area contributed by atoms with E-state index in [2.05, 4.69) is 114 Å². The molecule has 0 spiro atoms. The monoisotopic (exact) mass is 875 g/mol. The summed E-state index contributed by atoms with van der Waals surface area (Å²) >= 11 is 0. The van der Waals surface area contributed by atoms with Gasteiger partial charge in [0.1, 0.15) is 12.5 Å². The highest BCUT2D eigenvalue weighted by Gasteiger charge is 2.48. The van der Waals surface area contributed by atoms with Crippen molar-refractivity contribution in [3.8, 4) is 0 Å². The normalized spacial score (nSPS) is 22.1. The maximum Gasteiger partial charge on any atom is 0.321 e. The molecule has 1 saturated heterocycles. The number of aromatic amines is 3. The number of methoxy groups -OCH3 is 1. The van der Waals surface area contributed by atoms with E-state index in [1.807, 2.05) is 6.92 Å². The molecular weight excluding hydrogens is 797 g/mol. The van der Waals surface area contributed by atoms with Crippen molar-refractivity contribution in [1.29, 1.82) is 0 Å². The molecule has 6 rings (SSSR count). The van der Waals surface area contributed by atoms with Crippen LogP contribution in [0.15, 0.2) is 23.0 Å². The van der Waals surface area contributed by atoms with Crippen molar-refractivity contribution >= 4 is 41.5 Å². The molecule has 1 aliphatic carbocycles. The molecule has 4 N–H and O–H groups in total. The van der Waals surface area contributed by atoms with Gasteiger partial charge < -0.3 is 29.7 Å². The molecule has 3 aromatic rings. The van der Waals surface area contributed by atoms with Gasteiger partial charge in [0.25, 0.3) is 0 Å². The number of aromatic nitrogens is 3. The third-order valence-corrected chi connectivity index (χ3v) is 14.8. The van der Waals surface area contributed by atoms with Crippen molar-refractivity contribution in [1.82, 2.24) is 20.3 Å². The Morgan fingerprint density at radius 2 is 1.41 bits per heavy atom. The summed E-state index contributed by atoms with van der Waals surface area (Å²) in [6, 6.07) is 0. The first-order valence-electron chi connectivity index (χ1n) is 24.6. The number of hydrogen-bond donors (Lipinski definition) is 4. The third-order valence-electron chi connectivity index (χ3n) is 14.8. The molecule has 3 aliphatic rings. The first-order chi connectivity index (χ1) is 30.6. The van der Waals surface area contributed by atoms with E-state index in [1.54, 1.807) is 0 Å². The molecule has 9 nitrogen and oxygen atoms in total. The number of esters is 2. The van der Waals surface area contributed by atoms with E-state index in [4.69, 9.17) is 9.47 Å². The van der Waals surface area contributed by atoms with Crippen LogP contribution in [0.25, 0.3) is 23.8 Å². The number of nitrogens with one attached hydrogen (secondary N) is 4. The number of carbonyl (C=O) groups is 3. The fraction of sp³-hybridized carbons (Fsp3) is 0.582. The molecule has 8 bridgehead atoms. The summed E-state index contributed by atoms with van der Waals surface area (Å²) in [4.78, 5) is 52.5. The quantitative estimate of drug-likeness (QED) is 0.0508. The van der Waals surface area contributed by atoms with Crippen molar-refractivity contribution in [3.05, 3.63) is 89.9 Å². The Bertz CT molecular complexity index is 2410. The van der Waals surface area contributed by atoms with Gasteiger partial charge in [0.2, 0.25) is 0 Å². The summed E-state index contributed by atoms with van der Waals surface area (Å²) in [5.41, 5.74) is 13.2. The zero-order valence-corrected chi connectivity index (χ0v) is 41.2. The van der Waals surface area contributed by atoms with Crippen LogP contribution in [0.5, 0.6) is 0 Å². The average molecular weight is 875 g/mol. The Balaban J connectivity index is 1.21. The molecular formula is C55H78N4O5. The van der Waals surface area contributed by atoms with E-state index < -0.39 is 11.9 Å². The van der Waals surface area contributed by atoms with Crippen molar-refractivity contribution in [2.24, 2.45) is 35.5 Å². The molecule has 1 fully saturated rings. The van der Waals surface area contributed by atoms with Gasteiger partial charge in [-0.2, -0.15) is 0 Å². The van der Waals surface area contributed by atoms with Gasteiger partial charge in [0.05, 0.1) is 12.8 Å². The highest BCUT2D eigenvalue weighted by Crippen LogP contribution is 2.48. The van der Waals surface area contributed by atoms with E-state index in [-0.39, 0.29) is 36.6 Å². The minimum Gasteiger partial charge on any atom is -0.468 e. The molecule has 2 aliphatic heterocycles. The molecule has 64 heavy (non-hydrogen) atoms. The SMILES string of the molecule is CCc1c2[nH]c(c1C)/C=C1\N/C(=C3\c4[nH]c(c(C)c4C(=O)[C@@H]3C(=O)OC)/C=c3\[nH]/c(c(C)c3CC)=C\2)[C@@H](CCC(=O)OC/C=C(\C)CCC[C@@H](C)CCC[C@H](C)CCCC(C)C)[C@@H]1C. The minimum absolute atomic E-state index is 0.0618. The van der Waals surface area contributed by atoms with E-state index in [1.165, 1.54) is 79.9 Å². The van der Waals surface area contributed by atoms with Crippen LogP contribution in [-0.2, 0) is 31.9 Å². The molecule has 0 radical (unpaired) electrons. The van der Waals surface area contributed by atoms with Crippen molar-refractivity contribution < 1.29 is 23.9 Å². The van der Waals surface area contributed by atoms with E-state index in [9.17, 15) is 14.4 Å². The lowest BCUT2D eigenvalue weighted by molar-refractivity contribution is -0.143. The molecule has 0 aromatic carbocycles. The Labute approximate surface area is 383 Å². The van der Waals surface area contributed by atoms with Gasteiger partial charge in [-0.15, -0.1) is 0 Å². The summed E-state index contributed by atoms with van der Waals surface area (Å²) in [6.07, 6.45) is 22.3. The van der Waals surface area contributed by atoms with Crippen molar-refractivity contribution in [3.63, 3.8) is 0 Å². The van der Waals surface area contributed by atoms with Gasteiger partial charge in [0, 0.05) is 68.6 Å². The number of rotatable bonds is 20. The smallest absolute Gasteiger partial charge is 0.321 e. The van der Waals surface area contributed by atoms with Crippen molar-refractivity contribution in [2.45, 2.75) is 160 Å². The van der Waals surface area contributed by atoms with Gasteiger partial charge in [0.15, 0.2) is 5.78 Å². The Hall–Kier alpha value is -4.79. The first kappa shape index (κ1) is 48.7. The molecule has 5 atom stereocenters. The number of carbonyl (C=O) groups excluding carboxylic acids is 3. The van der Waals surface area contributed by atoms with Gasteiger partial charge >= 0.3 is 11.9 Å². The maximum atomic E-state index is 14.4. The summed E-state index contributed by atoms with van der Waals surface area (Å²) in [7, 11) is 1.33. The number of fused-ring (bicyclic) bond motifs is 7. The average Bonchev–Trinajstić information content (AvgIpc) is 3.99. The van der Waals surface area contributed by atoms with Crippen LogP contribution in [0.3, 0.4) is 0 Å². The molecule has 9 heteroatoms. The standard InChI is InChI=1S/C55H78N4O5/c1-13-39-35(8)42-28-44-37(10)41(24-25-48(60)64-27-26-34(7)23-17-22-33(6)21-16-20-32(5)19-15-18-31(3)4)52(58-44)50-51(55(62)63-12)54(61)49-38(11)45(59-53(49)50)30-47-40(14-2)36(9)43(57-47)29-46(39)56-42/h26,28-33,37,41,51,56-59H,13-25,27H2,1-12H3/b34-26+,43-29-,44-28-,47-30-,52-50-/t32-,33+,37+,41+,51-/m1/s1. The number of H-pyrrole nitrogens is 3. The van der Waals surface area contributed by atoms with Gasteiger partial charge in [-0.25, -0.2) is 0 Å². The molecule has 0 unspecified atom stereocenters. The number of allylic oxidation sites excluding steroid dienone is 3. The van der Waals surface area contributed by atoms with Crippen LogP contribution in [-0.4, -0.2) is 46.4 Å². The fourth-order valence-corrected chi connectivity index (χ4v) is 10.7. The summed E-state index contributed by atoms with van der Waals surface area (Å²) < 4.78 is 11.1. The lowest BCUT2D eigenvalue weighted by atomic mass is 9.85. The largest absolute Gasteiger partial charge is 0.468 e. The Morgan fingerprint density at radius 1 is 0.766 bits per heavy atom. The van der Waals surface area contributed by atoms with Crippen LogP contribution in [0.1, 0.15) is 187 Å². The van der Waals surface area contributed by atoms with Crippen LogP contribution in [0.4, 0.5) is 0 Å². The second-order valence-corrected chi connectivity index (χ2v) is 19.9. The molecule has 348 valence electrons. The zero-order chi connectivity index (χ0) is 46.4. The molecule has 0 saturated carbocycles. The lowest BCUT2D eigenvalue weighted by Gasteiger charge is -2.19. The van der Waals surface area contributed by atoms with Crippen LogP contribution < -0.4 is 16.0 Å². The second-order valence-electron chi connectivity index (χ2n) is 19.9. The summed E-state index contributed by atoms with van der Waals surface area (Å²) in [5.74, 6) is -0.174. The Kier molecular flexibility index (Phi) is 16.3. The number of Topliss-reactive ketones (excluding diaryl/α,β-unsaturated/α-hetero) is 1. The maximum absolute atomic E-state index is 14.4. The molecule has 0 amide bonds. The predicted octanol–water partition coefficient (Wildman–Crippen LogP) is 11.0. The second kappa shape index (κ2) is 21.5. The summed E-state index contributed by atoms with van der Waals surface area (Å²) in [6.45, 7) is 24.6. The van der Waals surface area contributed by atoms with E-state index in [0.717, 1.165) is 88.2 Å². The van der Waals surface area contributed by atoms with Crippen molar-refractivity contribution in [2.75, 3.05) is 13.7 Å².